The average molecular weight is 298 g/mol. The molecule has 1 amide bonds. The highest BCUT2D eigenvalue weighted by atomic mass is 35.5. The first-order valence-electron chi connectivity index (χ1n) is 5.98. The van der Waals surface area contributed by atoms with Gasteiger partial charge in [0.25, 0.3) is 5.91 Å². The van der Waals surface area contributed by atoms with Crippen LogP contribution in [0.5, 0.6) is 11.5 Å². The van der Waals surface area contributed by atoms with Crippen LogP contribution in [0.2, 0.25) is 5.02 Å². The Hall–Kier alpha value is -2.05. The largest absolute Gasteiger partial charge is 0.504 e. The molecule has 0 unspecified atom stereocenters. The number of halogens is 1. The molecule has 0 saturated heterocycles. The van der Waals surface area contributed by atoms with E-state index in [0.717, 1.165) is 6.07 Å². The number of benzene rings is 1. The zero-order valence-electron chi connectivity index (χ0n) is 10.9. The van der Waals surface area contributed by atoms with Crippen molar-refractivity contribution in [2.45, 2.75) is 19.9 Å². The number of ketones is 1. The van der Waals surface area contributed by atoms with E-state index in [1.165, 1.54) is 11.5 Å². The van der Waals surface area contributed by atoms with Crippen LogP contribution in [-0.4, -0.2) is 27.9 Å². The van der Waals surface area contributed by atoms with Gasteiger partial charge in [0.15, 0.2) is 17.2 Å². The van der Waals surface area contributed by atoms with E-state index in [1.54, 1.807) is 13.8 Å². The van der Waals surface area contributed by atoms with Crippen LogP contribution in [0.4, 0.5) is 5.69 Å². The smallest absolute Gasteiger partial charge is 0.260 e. The van der Waals surface area contributed by atoms with Gasteiger partial charge in [0, 0.05) is 12.1 Å². The number of nitrogens with two attached hydrogens (primary N) is 1. The number of amides is 1. The van der Waals surface area contributed by atoms with E-state index in [9.17, 15) is 19.8 Å². The maximum atomic E-state index is 12.3. The van der Waals surface area contributed by atoms with Gasteiger partial charge in [0.1, 0.15) is 16.8 Å². The van der Waals surface area contributed by atoms with Crippen LogP contribution in [0.1, 0.15) is 24.2 Å². The molecule has 2 rings (SSSR count). The molecule has 1 aliphatic heterocycles. The topological polar surface area (TPSA) is 103 Å². The minimum Gasteiger partial charge on any atom is -0.504 e. The summed E-state index contributed by atoms with van der Waals surface area (Å²) in [5.74, 6) is -2.02. The Kier molecular flexibility index (Phi) is 3.69. The molecule has 0 aromatic heterocycles. The number of rotatable bonds is 2. The van der Waals surface area contributed by atoms with Gasteiger partial charge >= 0.3 is 0 Å². The lowest BCUT2D eigenvalue weighted by Crippen LogP contribution is -2.74. The highest BCUT2D eigenvalue weighted by molar-refractivity contribution is 6.36. The Morgan fingerprint density at radius 2 is 2.05 bits per heavy atom. The first-order valence-corrected chi connectivity index (χ1v) is 6.35. The molecule has 106 valence electrons. The molecule has 5 N–H and O–H groups in total. The Bertz CT molecular complexity index is 638. The van der Waals surface area contributed by atoms with Crippen LogP contribution in [-0.2, 0) is 4.79 Å². The number of hydrogen-bond acceptors (Lipinski definition) is 4. The van der Waals surface area contributed by atoms with Crippen molar-refractivity contribution in [1.29, 1.82) is 0 Å². The summed E-state index contributed by atoms with van der Waals surface area (Å²) in [5.41, 5.74) is 0.335. The molecular weight excluding hydrogens is 284 g/mol. The van der Waals surface area contributed by atoms with Crippen molar-refractivity contribution in [3.05, 3.63) is 28.4 Å². The predicted octanol–water partition coefficient (Wildman–Crippen LogP) is 0.551. The summed E-state index contributed by atoms with van der Waals surface area (Å²) in [5, 5.41) is 23.0. The molecule has 0 spiro atoms. The molecule has 0 radical (unpaired) electrons. The fourth-order valence-corrected chi connectivity index (χ4v) is 2.16. The van der Waals surface area contributed by atoms with E-state index in [0.29, 0.717) is 0 Å². The first-order chi connectivity index (χ1) is 9.32. The number of hydrogen-bond donors (Lipinski definition) is 4. The van der Waals surface area contributed by atoms with Crippen LogP contribution in [0.25, 0.3) is 0 Å². The molecule has 6 nitrogen and oxygen atoms in total. The van der Waals surface area contributed by atoms with E-state index >= 15 is 0 Å². The number of carbonyl (C=O) groups excluding carboxylic acids is 2. The Labute approximate surface area is 120 Å². The number of phenolic OH excluding ortho intramolecular Hbond substituents is 2. The van der Waals surface area contributed by atoms with Crippen molar-refractivity contribution in [2.24, 2.45) is 0 Å². The van der Waals surface area contributed by atoms with E-state index in [-0.39, 0.29) is 27.9 Å². The van der Waals surface area contributed by atoms with Crippen molar-refractivity contribution in [3.8, 4) is 11.5 Å². The number of Topliss-reactive ketones (excluding diaryl/α,β-unsaturated/α-hetero) is 1. The quantitative estimate of drug-likeness (QED) is 0.277. The number of quaternary nitrogens is 1. The summed E-state index contributed by atoms with van der Waals surface area (Å²) in [7, 11) is 0. The lowest BCUT2D eigenvalue weighted by Gasteiger charge is -2.16. The van der Waals surface area contributed by atoms with Gasteiger partial charge in [-0.25, -0.2) is 0 Å². The molecule has 0 fully saturated rings. The highest BCUT2D eigenvalue weighted by Crippen LogP contribution is 2.40. The molecule has 7 heteroatoms. The Morgan fingerprint density at radius 1 is 1.40 bits per heavy atom. The third-order valence-electron chi connectivity index (χ3n) is 2.83. The molecule has 0 aliphatic carbocycles. The van der Waals surface area contributed by atoms with E-state index in [2.05, 4.69) is 5.32 Å². The SMILES string of the molecule is CC(C)NC(=O)C1=C[NH2+]c2c(cc(O)c(O)c2Cl)C1=O. The summed E-state index contributed by atoms with van der Waals surface area (Å²) < 4.78 is 0. The van der Waals surface area contributed by atoms with Gasteiger partial charge < -0.3 is 15.5 Å². The monoisotopic (exact) mass is 297 g/mol. The maximum Gasteiger partial charge on any atom is 0.260 e. The average Bonchev–Trinajstić information content (AvgIpc) is 2.36. The number of carbonyl (C=O) groups is 2. The van der Waals surface area contributed by atoms with Crippen LogP contribution >= 0.6 is 11.6 Å². The highest BCUT2D eigenvalue weighted by Gasteiger charge is 2.33. The summed E-state index contributed by atoms with van der Waals surface area (Å²) >= 11 is 5.87. The lowest BCUT2D eigenvalue weighted by atomic mass is 9.98. The number of phenols is 2. The maximum absolute atomic E-state index is 12.3. The molecular formula is C13H14ClN2O4+. The van der Waals surface area contributed by atoms with Crippen LogP contribution in [0, 0.1) is 0 Å². The first kappa shape index (κ1) is 14.4. The fourth-order valence-electron chi connectivity index (χ4n) is 1.90. The normalized spacial score (nSPS) is 14.0. The van der Waals surface area contributed by atoms with Crippen molar-refractivity contribution in [1.82, 2.24) is 5.32 Å². The Morgan fingerprint density at radius 3 is 2.65 bits per heavy atom. The van der Waals surface area contributed by atoms with Crippen LogP contribution in [0.15, 0.2) is 17.8 Å². The fraction of sp³-hybridized carbons (Fsp3) is 0.231. The lowest BCUT2D eigenvalue weighted by molar-refractivity contribution is -0.497. The van der Waals surface area contributed by atoms with Gasteiger partial charge in [0.2, 0.25) is 5.78 Å². The summed E-state index contributed by atoms with van der Waals surface area (Å²) in [6, 6.07) is 1.000. The van der Waals surface area contributed by atoms with E-state index in [4.69, 9.17) is 11.6 Å². The third-order valence-corrected chi connectivity index (χ3v) is 3.21. The second-order valence-corrected chi connectivity index (χ2v) is 5.10. The zero-order chi connectivity index (χ0) is 15.0. The molecule has 1 aromatic rings. The van der Waals surface area contributed by atoms with Gasteiger partial charge in [0.05, 0.1) is 5.56 Å². The van der Waals surface area contributed by atoms with Gasteiger partial charge in [-0.15, -0.1) is 0 Å². The van der Waals surface area contributed by atoms with Crippen LogP contribution in [0.3, 0.4) is 0 Å². The molecule has 1 heterocycles. The van der Waals surface area contributed by atoms with Crippen molar-refractivity contribution in [2.75, 3.05) is 0 Å². The zero-order valence-corrected chi connectivity index (χ0v) is 11.7. The van der Waals surface area contributed by atoms with Crippen molar-refractivity contribution >= 4 is 29.0 Å². The van der Waals surface area contributed by atoms with E-state index in [1.807, 2.05) is 0 Å². The number of fused-ring (bicyclic) bond motifs is 1. The van der Waals surface area contributed by atoms with Gasteiger partial charge in [-0.1, -0.05) is 11.6 Å². The Balaban J connectivity index is 2.43. The molecule has 0 saturated carbocycles. The predicted molar refractivity (Wildman–Crippen MR) is 72.1 cm³/mol. The third kappa shape index (κ3) is 2.35. The minimum absolute atomic E-state index is 0.0349. The van der Waals surface area contributed by atoms with Crippen LogP contribution < -0.4 is 10.6 Å². The number of nitrogens with one attached hydrogen (secondary N) is 1. The van der Waals surface area contributed by atoms with Gasteiger partial charge in [-0.3, -0.25) is 14.9 Å². The summed E-state index contributed by atoms with van der Waals surface area (Å²) in [4.78, 5) is 24.2. The number of aromatic hydroxyl groups is 2. The molecule has 0 atom stereocenters. The standard InChI is InChI=1S/C13H13ClN2O4/c1-5(2)16-13(20)7-4-15-10-6(11(7)18)3-8(17)12(19)9(10)14/h3-5,17,19H,1-2H3,(H,15,18)(H,16,20)/p+1. The second-order valence-electron chi connectivity index (χ2n) is 4.72. The van der Waals surface area contributed by atoms with Gasteiger partial charge in [-0.05, 0) is 13.8 Å². The molecule has 1 aliphatic rings. The molecule has 20 heavy (non-hydrogen) atoms. The minimum atomic E-state index is -0.544. The molecule has 1 aromatic carbocycles. The van der Waals surface area contributed by atoms with Crippen molar-refractivity contribution in [3.63, 3.8) is 0 Å². The van der Waals surface area contributed by atoms with Gasteiger partial charge in [-0.2, -0.15) is 0 Å². The van der Waals surface area contributed by atoms with Crippen molar-refractivity contribution < 1.29 is 25.1 Å². The summed E-state index contributed by atoms with van der Waals surface area (Å²) in [6.45, 7) is 3.56. The molecule has 0 bridgehead atoms. The second kappa shape index (κ2) is 5.15. The summed E-state index contributed by atoms with van der Waals surface area (Å²) in [6.07, 6.45) is 1.35. The van der Waals surface area contributed by atoms with E-state index < -0.39 is 23.2 Å².